The van der Waals surface area contributed by atoms with Gasteiger partial charge in [0, 0.05) is 31.2 Å². The number of rotatable bonds is 5. The molecule has 1 unspecified atom stereocenters. The minimum atomic E-state index is -0.793. The van der Waals surface area contributed by atoms with E-state index in [1.165, 1.54) is 0 Å². The second-order valence-electron chi connectivity index (χ2n) is 4.40. The first kappa shape index (κ1) is 14.1. The lowest BCUT2D eigenvalue weighted by Crippen LogP contribution is -2.55. The van der Waals surface area contributed by atoms with E-state index in [9.17, 15) is 4.79 Å². The Morgan fingerprint density at radius 2 is 2.21 bits per heavy atom. The van der Waals surface area contributed by atoms with Crippen LogP contribution in [-0.4, -0.2) is 54.8 Å². The molecule has 19 heavy (non-hydrogen) atoms. The van der Waals surface area contributed by atoms with Crippen molar-refractivity contribution in [1.82, 2.24) is 10.2 Å². The summed E-state index contributed by atoms with van der Waals surface area (Å²) in [6.07, 6.45) is 0. The first-order valence-corrected chi connectivity index (χ1v) is 6.60. The average molecular weight is 285 g/mol. The molecule has 2 rings (SSSR count). The van der Waals surface area contributed by atoms with E-state index in [4.69, 9.17) is 21.4 Å². The van der Waals surface area contributed by atoms with E-state index in [0.717, 1.165) is 18.8 Å². The largest absolute Gasteiger partial charge is 0.492 e. The Bertz CT molecular complexity index is 424. The number of carboxylic acid groups (broad SMARTS) is 1. The van der Waals surface area contributed by atoms with Crippen molar-refractivity contribution in [3.8, 4) is 5.75 Å². The lowest BCUT2D eigenvalue weighted by atomic mass is 10.2. The third-order valence-corrected chi connectivity index (χ3v) is 3.35. The molecule has 0 saturated carbocycles. The Kier molecular flexibility index (Phi) is 5.01. The predicted molar refractivity (Wildman–Crippen MR) is 72.8 cm³/mol. The van der Waals surface area contributed by atoms with Gasteiger partial charge in [-0.2, -0.15) is 0 Å². The maximum atomic E-state index is 11.1. The summed E-state index contributed by atoms with van der Waals surface area (Å²) in [5.74, 6) is -0.0508. The lowest BCUT2D eigenvalue weighted by Gasteiger charge is -2.33. The molecule has 1 aliphatic rings. The van der Waals surface area contributed by atoms with E-state index in [-0.39, 0.29) is 0 Å². The van der Waals surface area contributed by atoms with Crippen LogP contribution in [0.25, 0.3) is 0 Å². The maximum Gasteiger partial charge on any atom is 0.322 e. The summed E-state index contributed by atoms with van der Waals surface area (Å²) in [7, 11) is 0. The van der Waals surface area contributed by atoms with E-state index in [0.29, 0.717) is 24.7 Å². The molecule has 1 saturated heterocycles. The molecular formula is C13H17ClN2O3. The van der Waals surface area contributed by atoms with Crippen molar-refractivity contribution in [2.45, 2.75) is 6.04 Å². The molecule has 2 N–H and O–H groups in total. The van der Waals surface area contributed by atoms with Crippen LogP contribution in [0.1, 0.15) is 0 Å². The molecule has 1 fully saturated rings. The number of carbonyl (C=O) groups is 1. The number of benzene rings is 1. The van der Waals surface area contributed by atoms with E-state index >= 15 is 0 Å². The third kappa shape index (κ3) is 4.09. The molecule has 0 aromatic heterocycles. The van der Waals surface area contributed by atoms with Crippen molar-refractivity contribution in [3.05, 3.63) is 29.3 Å². The van der Waals surface area contributed by atoms with Crippen molar-refractivity contribution in [3.63, 3.8) is 0 Å². The van der Waals surface area contributed by atoms with Gasteiger partial charge in [-0.1, -0.05) is 11.6 Å². The molecule has 1 aromatic carbocycles. The minimum Gasteiger partial charge on any atom is -0.492 e. The first-order chi connectivity index (χ1) is 9.16. The zero-order valence-corrected chi connectivity index (χ0v) is 11.3. The second kappa shape index (κ2) is 6.75. The van der Waals surface area contributed by atoms with Gasteiger partial charge in [-0.25, -0.2) is 0 Å². The smallest absolute Gasteiger partial charge is 0.322 e. The molecule has 1 aliphatic heterocycles. The van der Waals surface area contributed by atoms with Gasteiger partial charge in [-0.3, -0.25) is 9.69 Å². The topological polar surface area (TPSA) is 61.8 Å². The SMILES string of the molecule is O=C(O)C1CNCCN1CCOc1ccc(Cl)cc1. The van der Waals surface area contributed by atoms with Crippen LogP contribution in [0, 0.1) is 0 Å². The highest BCUT2D eigenvalue weighted by Gasteiger charge is 2.27. The molecule has 6 heteroatoms. The fraction of sp³-hybridized carbons (Fsp3) is 0.462. The molecule has 0 bridgehead atoms. The van der Waals surface area contributed by atoms with Gasteiger partial charge in [0.1, 0.15) is 18.4 Å². The normalized spacial score (nSPS) is 20.2. The first-order valence-electron chi connectivity index (χ1n) is 6.23. The van der Waals surface area contributed by atoms with Gasteiger partial charge in [0.25, 0.3) is 0 Å². The number of carboxylic acids is 1. The summed E-state index contributed by atoms with van der Waals surface area (Å²) >= 11 is 5.79. The average Bonchev–Trinajstić information content (AvgIpc) is 2.41. The van der Waals surface area contributed by atoms with Gasteiger partial charge in [-0.05, 0) is 24.3 Å². The summed E-state index contributed by atoms with van der Waals surface area (Å²) in [6, 6.07) is 6.66. The number of nitrogens with zero attached hydrogens (tertiary/aromatic N) is 1. The Hall–Kier alpha value is -1.30. The van der Waals surface area contributed by atoms with Gasteiger partial charge < -0.3 is 15.2 Å². The molecule has 104 valence electrons. The van der Waals surface area contributed by atoms with Crippen LogP contribution in [0.3, 0.4) is 0 Å². The van der Waals surface area contributed by atoms with Crippen LogP contribution in [0.15, 0.2) is 24.3 Å². The Morgan fingerprint density at radius 1 is 1.47 bits per heavy atom. The number of hydrogen-bond donors (Lipinski definition) is 2. The summed E-state index contributed by atoms with van der Waals surface area (Å²) in [5.41, 5.74) is 0. The van der Waals surface area contributed by atoms with Crippen molar-refractivity contribution in [1.29, 1.82) is 0 Å². The van der Waals surface area contributed by atoms with Crippen LogP contribution in [-0.2, 0) is 4.79 Å². The van der Waals surface area contributed by atoms with Gasteiger partial charge >= 0.3 is 5.97 Å². The minimum absolute atomic E-state index is 0.464. The Morgan fingerprint density at radius 3 is 2.89 bits per heavy atom. The van der Waals surface area contributed by atoms with Crippen LogP contribution in [0.5, 0.6) is 5.75 Å². The highest BCUT2D eigenvalue weighted by atomic mass is 35.5. The van der Waals surface area contributed by atoms with Crippen LogP contribution in [0.4, 0.5) is 0 Å². The van der Waals surface area contributed by atoms with Crippen molar-refractivity contribution in [2.75, 3.05) is 32.8 Å². The molecule has 0 amide bonds. The van der Waals surface area contributed by atoms with Gasteiger partial charge in [0.15, 0.2) is 0 Å². The third-order valence-electron chi connectivity index (χ3n) is 3.10. The number of piperazine rings is 1. The standard InChI is InChI=1S/C13H17ClN2O3/c14-10-1-3-11(4-2-10)19-8-7-16-6-5-15-9-12(16)13(17)18/h1-4,12,15H,5-9H2,(H,17,18). The maximum absolute atomic E-state index is 11.1. The molecular weight excluding hydrogens is 268 g/mol. The van der Waals surface area contributed by atoms with Gasteiger partial charge in [0.2, 0.25) is 0 Å². The molecule has 0 aliphatic carbocycles. The highest BCUT2D eigenvalue weighted by Crippen LogP contribution is 2.15. The van der Waals surface area contributed by atoms with Crippen molar-refractivity contribution < 1.29 is 14.6 Å². The quantitative estimate of drug-likeness (QED) is 0.847. The summed E-state index contributed by atoms with van der Waals surface area (Å²) in [4.78, 5) is 13.0. The lowest BCUT2D eigenvalue weighted by molar-refractivity contribution is -0.144. The summed E-state index contributed by atoms with van der Waals surface area (Å²) in [6.45, 7) is 3.08. The monoisotopic (exact) mass is 284 g/mol. The van der Waals surface area contributed by atoms with E-state index < -0.39 is 12.0 Å². The van der Waals surface area contributed by atoms with Gasteiger partial charge in [0.05, 0.1) is 0 Å². The molecule has 1 atom stereocenters. The van der Waals surface area contributed by atoms with Crippen molar-refractivity contribution in [2.24, 2.45) is 0 Å². The van der Waals surface area contributed by atoms with E-state index in [1.54, 1.807) is 24.3 Å². The van der Waals surface area contributed by atoms with Crippen LogP contribution in [0.2, 0.25) is 5.02 Å². The molecule has 0 spiro atoms. The number of hydrogen-bond acceptors (Lipinski definition) is 4. The second-order valence-corrected chi connectivity index (χ2v) is 4.83. The highest BCUT2D eigenvalue weighted by molar-refractivity contribution is 6.30. The summed E-state index contributed by atoms with van der Waals surface area (Å²) in [5, 5.41) is 12.9. The Balaban J connectivity index is 1.80. The fourth-order valence-electron chi connectivity index (χ4n) is 2.07. The van der Waals surface area contributed by atoms with Crippen molar-refractivity contribution >= 4 is 17.6 Å². The van der Waals surface area contributed by atoms with Gasteiger partial charge in [-0.15, -0.1) is 0 Å². The summed E-state index contributed by atoms with van der Waals surface area (Å²) < 4.78 is 5.58. The van der Waals surface area contributed by atoms with Crippen LogP contribution >= 0.6 is 11.6 Å². The molecule has 1 heterocycles. The van der Waals surface area contributed by atoms with E-state index in [1.807, 2.05) is 4.90 Å². The zero-order chi connectivity index (χ0) is 13.7. The van der Waals surface area contributed by atoms with Crippen LogP contribution < -0.4 is 10.1 Å². The number of ether oxygens (including phenoxy) is 1. The number of halogens is 1. The Labute approximate surface area is 117 Å². The van der Waals surface area contributed by atoms with E-state index in [2.05, 4.69) is 5.32 Å². The molecule has 5 nitrogen and oxygen atoms in total. The zero-order valence-electron chi connectivity index (χ0n) is 10.5. The predicted octanol–water partition coefficient (Wildman–Crippen LogP) is 1.08. The number of nitrogens with one attached hydrogen (secondary N) is 1. The molecule has 0 radical (unpaired) electrons. The fourth-order valence-corrected chi connectivity index (χ4v) is 2.20. The number of aliphatic carboxylic acids is 1. The molecule has 1 aromatic rings.